The number of rotatable bonds is 1. The topological polar surface area (TPSA) is 36.7 Å². The molecule has 1 heterocycles. The third-order valence-corrected chi connectivity index (χ3v) is 3.70. The fourth-order valence-electron chi connectivity index (χ4n) is 3.04. The average Bonchev–Trinajstić information content (AvgIpc) is 2.89. The molecule has 3 rings (SSSR count). The van der Waals surface area contributed by atoms with Gasteiger partial charge >= 0.3 is 0 Å². The van der Waals surface area contributed by atoms with E-state index in [0.29, 0.717) is 17.8 Å². The Morgan fingerprint density at radius 2 is 1.93 bits per heavy atom. The third kappa shape index (κ3) is 1.20. The molecule has 0 saturated heterocycles. The van der Waals surface area contributed by atoms with Crippen molar-refractivity contribution in [3.8, 4) is 6.07 Å². The Labute approximate surface area is 89.3 Å². The van der Waals surface area contributed by atoms with Crippen LogP contribution in [0, 0.1) is 29.1 Å². The van der Waals surface area contributed by atoms with Gasteiger partial charge in [-0.1, -0.05) is 12.2 Å². The van der Waals surface area contributed by atoms with Gasteiger partial charge < -0.3 is 0 Å². The van der Waals surface area contributed by atoms with Gasteiger partial charge in [0.25, 0.3) is 0 Å². The summed E-state index contributed by atoms with van der Waals surface area (Å²) in [6.07, 6.45) is 9.30. The third-order valence-electron chi connectivity index (χ3n) is 3.70. The van der Waals surface area contributed by atoms with E-state index < -0.39 is 0 Å². The normalized spacial score (nSPS) is 36.7. The zero-order valence-electron chi connectivity index (χ0n) is 8.38. The van der Waals surface area contributed by atoms with E-state index in [-0.39, 0.29) is 5.92 Å². The summed E-state index contributed by atoms with van der Waals surface area (Å²) in [6, 6.07) is 6.56. The van der Waals surface area contributed by atoms with Gasteiger partial charge in [-0.3, -0.25) is 4.98 Å². The molecule has 0 aliphatic heterocycles. The maximum atomic E-state index is 9.22. The Bertz CT molecular complexity index is 430. The largest absolute Gasteiger partial charge is 0.265 e. The Kier molecular flexibility index (Phi) is 1.85. The molecule has 2 bridgehead atoms. The summed E-state index contributed by atoms with van der Waals surface area (Å²) in [5.74, 6) is 1.62. The van der Waals surface area contributed by atoms with Crippen LogP contribution in [0.1, 0.15) is 17.9 Å². The number of allylic oxidation sites excluding steroid dienone is 2. The summed E-state index contributed by atoms with van der Waals surface area (Å²) in [4.78, 5) is 4.03. The summed E-state index contributed by atoms with van der Waals surface area (Å²) in [5, 5.41) is 9.22. The lowest BCUT2D eigenvalue weighted by Gasteiger charge is -2.22. The number of nitriles is 1. The monoisotopic (exact) mass is 196 g/mol. The van der Waals surface area contributed by atoms with E-state index in [1.54, 1.807) is 0 Å². The first kappa shape index (κ1) is 8.67. The Balaban J connectivity index is 2.00. The molecule has 0 spiro atoms. The highest BCUT2D eigenvalue weighted by atomic mass is 14.6. The molecule has 74 valence electrons. The molecule has 0 amide bonds. The van der Waals surface area contributed by atoms with Crippen LogP contribution in [0.2, 0.25) is 0 Å². The molecule has 1 aromatic heterocycles. The average molecular weight is 196 g/mol. The van der Waals surface area contributed by atoms with Crippen LogP contribution in [-0.2, 0) is 0 Å². The quantitative estimate of drug-likeness (QED) is 0.647. The first-order valence-electron chi connectivity index (χ1n) is 5.38. The predicted octanol–water partition coefficient (Wildman–Crippen LogP) is 2.51. The molecule has 0 radical (unpaired) electrons. The molecule has 1 aromatic rings. The van der Waals surface area contributed by atoms with Gasteiger partial charge in [-0.2, -0.15) is 5.26 Å². The minimum atomic E-state index is 0.169. The zero-order chi connectivity index (χ0) is 10.3. The molecule has 0 aromatic carbocycles. The van der Waals surface area contributed by atoms with Gasteiger partial charge in [-0.25, -0.2) is 0 Å². The SMILES string of the molecule is N#C[C@H]1[C@@H](c2ccncc2)[C@@H]2C=C[C@H]1C2. The second-order valence-corrected chi connectivity index (χ2v) is 4.41. The van der Waals surface area contributed by atoms with Gasteiger partial charge in [0.1, 0.15) is 0 Å². The maximum absolute atomic E-state index is 9.22. The van der Waals surface area contributed by atoms with E-state index in [4.69, 9.17) is 0 Å². The fraction of sp³-hybridized carbons (Fsp3) is 0.385. The van der Waals surface area contributed by atoms with Crippen LogP contribution in [0.4, 0.5) is 0 Å². The van der Waals surface area contributed by atoms with Crippen LogP contribution in [0.5, 0.6) is 0 Å². The maximum Gasteiger partial charge on any atom is 0.0668 e. The number of hydrogen-bond acceptors (Lipinski definition) is 2. The molecule has 4 atom stereocenters. The number of pyridine rings is 1. The van der Waals surface area contributed by atoms with Crippen molar-refractivity contribution < 1.29 is 0 Å². The number of aromatic nitrogens is 1. The Morgan fingerprint density at radius 3 is 2.67 bits per heavy atom. The first-order chi connectivity index (χ1) is 7.40. The smallest absolute Gasteiger partial charge is 0.0668 e. The number of fused-ring (bicyclic) bond motifs is 2. The highest BCUT2D eigenvalue weighted by Gasteiger charge is 2.45. The van der Waals surface area contributed by atoms with Crippen LogP contribution in [0.3, 0.4) is 0 Å². The van der Waals surface area contributed by atoms with Crippen molar-refractivity contribution in [1.29, 1.82) is 5.26 Å². The highest BCUT2D eigenvalue weighted by Crippen LogP contribution is 2.52. The summed E-state index contributed by atoms with van der Waals surface area (Å²) in [5.41, 5.74) is 1.27. The fourth-order valence-corrected chi connectivity index (χ4v) is 3.04. The van der Waals surface area contributed by atoms with Crippen LogP contribution < -0.4 is 0 Å². The standard InChI is InChI=1S/C13H12N2/c14-8-12-10-1-2-11(7-10)13(12)9-3-5-15-6-4-9/h1-6,10-13H,7H2/t10-,11+,12+,13-/m0/s1. The summed E-state index contributed by atoms with van der Waals surface area (Å²) >= 11 is 0. The van der Waals surface area contributed by atoms with E-state index >= 15 is 0 Å². The second-order valence-electron chi connectivity index (χ2n) is 4.41. The second kappa shape index (κ2) is 3.20. The Hall–Kier alpha value is -1.62. The van der Waals surface area contributed by atoms with Gasteiger partial charge in [0, 0.05) is 18.3 Å². The van der Waals surface area contributed by atoms with Crippen molar-refractivity contribution in [2.75, 3.05) is 0 Å². The summed E-state index contributed by atoms with van der Waals surface area (Å²) in [6.45, 7) is 0. The molecule has 2 nitrogen and oxygen atoms in total. The van der Waals surface area contributed by atoms with E-state index in [1.807, 2.05) is 24.5 Å². The van der Waals surface area contributed by atoms with Gasteiger partial charge in [0.05, 0.1) is 12.0 Å². The van der Waals surface area contributed by atoms with Crippen LogP contribution >= 0.6 is 0 Å². The predicted molar refractivity (Wildman–Crippen MR) is 56.8 cm³/mol. The molecule has 15 heavy (non-hydrogen) atoms. The minimum Gasteiger partial charge on any atom is -0.265 e. The summed E-state index contributed by atoms with van der Waals surface area (Å²) < 4.78 is 0. The lowest BCUT2D eigenvalue weighted by Crippen LogP contribution is -2.16. The lowest BCUT2D eigenvalue weighted by molar-refractivity contribution is 0.488. The lowest BCUT2D eigenvalue weighted by atomic mass is 9.80. The molecule has 2 heteroatoms. The molecule has 0 N–H and O–H groups in total. The van der Waals surface area contributed by atoms with Gasteiger partial charge in [0.15, 0.2) is 0 Å². The highest BCUT2D eigenvalue weighted by molar-refractivity contribution is 5.30. The Morgan fingerprint density at radius 1 is 1.20 bits per heavy atom. The minimum absolute atomic E-state index is 0.169. The van der Waals surface area contributed by atoms with Gasteiger partial charge in [-0.15, -0.1) is 0 Å². The number of nitrogens with zero attached hydrogens (tertiary/aromatic N) is 2. The van der Waals surface area contributed by atoms with Crippen molar-refractivity contribution in [1.82, 2.24) is 4.98 Å². The van der Waals surface area contributed by atoms with E-state index in [9.17, 15) is 5.26 Å². The van der Waals surface area contributed by atoms with Crippen molar-refractivity contribution in [2.24, 2.45) is 17.8 Å². The zero-order valence-corrected chi connectivity index (χ0v) is 8.38. The van der Waals surface area contributed by atoms with E-state index in [1.165, 1.54) is 5.56 Å². The van der Waals surface area contributed by atoms with Crippen molar-refractivity contribution in [3.63, 3.8) is 0 Å². The van der Waals surface area contributed by atoms with Crippen molar-refractivity contribution in [2.45, 2.75) is 12.3 Å². The van der Waals surface area contributed by atoms with Crippen LogP contribution in [0.25, 0.3) is 0 Å². The van der Waals surface area contributed by atoms with Gasteiger partial charge in [-0.05, 0) is 36.0 Å². The number of hydrogen-bond donors (Lipinski definition) is 0. The molecule has 1 saturated carbocycles. The first-order valence-corrected chi connectivity index (χ1v) is 5.38. The van der Waals surface area contributed by atoms with Gasteiger partial charge in [0.2, 0.25) is 0 Å². The molecule has 2 aliphatic rings. The summed E-state index contributed by atoms with van der Waals surface area (Å²) in [7, 11) is 0. The molecular weight excluding hydrogens is 184 g/mol. The molecule has 0 unspecified atom stereocenters. The van der Waals surface area contributed by atoms with E-state index in [0.717, 1.165) is 6.42 Å². The van der Waals surface area contributed by atoms with E-state index in [2.05, 4.69) is 23.2 Å². The van der Waals surface area contributed by atoms with Crippen LogP contribution in [0.15, 0.2) is 36.7 Å². The van der Waals surface area contributed by atoms with Crippen molar-refractivity contribution >= 4 is 0 Å². The molecule has 1 fully saturated rings. The molecule has 2 aliphatic carbocycles. The van der Waals surface area contributed by atoms with Crippen LogP contribution in [-0.4, -0.2) is 4.98 Å². The molecular formula is C13H12N2. The van der Waals surface area contributed by atoms with Crippen molar-refractivity contribution in [3.05, 3.63) is 42.2 Å².